The van der Waals surface area contributed by atoms with Gasteiger partial charge in [-0.2, -0.15) is 0 Å². The second-order valence-electron chi connectivity index (χ2n) is 5.77. The van der Waals surface area contributed by atoms with Gasteiger partial charge in [0.1, 0.15) is 0 Å². The molecule has 3 heteroatoms. The van der Waals surface area contributed by atoms with E-state index in [-0.39, 0.29) is 0 Å². The van der Waals surface area contributed by atoms with Crippen molar-refractivity contribution >= 4 is 28.2 Å². The second kappa shape index (κ2) is 5.61. The molecule has 0 aliphatic heterocycles. The van der Waals surface area contributed by atoms with Crippen LogP contribution in [0.5, 0.6) is 0 Å². The molecule has 0 saturated heterocycles. The first kappa shape index (κ1) is 13.7. The molecule has 0 radical (unpaired) electrons. The Bertz CT molecular complexity index is 607. The SMILES string of the molecule is CCCC(C)N(c1ccnc2cc(Cl)ccc12)C1CC1. The molecule has 1 aliphatic carbocycles. The van der Waals surface area contributed by atoms with Crippen molar-refractivity contribution in [2.45, 2.75) is 51.6 Å². The first-order chi connectivity index (χ1) is 9.70. The molecule has 1 unspecified atom stereocenters. The molecule has 1 aromatic heterocycles. The lowest BCUT2D eigenvalue weighted by Gasteiger charge is -2.32. The molecule has 3 rings (SSSR count). The average molecular weight is 289 g/mol. The van der Waals surface area contributed by atoms with Crippen molar-refractivity contribution in [2.24, 2.45) is 0 Å². The Hall–Kier alpha value is -1.28. The highest BCUT2D eigenvalue weighted by Crippen LogP contribution is 2.38. The maximum Gasteiger partial charge on any atom is 0.0737 e. The van der Waals surface area contributed by atoms with E-state index in [9.17, 15) is 0 Å². The van der Waals surface area contributed by atoms with Gasteiger partial charge in [0, 0.05) is 34.4 Å². The lowest BCUT2D eigenvalue weighted by atomic mass is 10.1. The first-order valence-corrected chi connectivity index (χ1v) is 7.91. The molecule has 2 aromatic rings. The van der Waals surface area contributed by atoms with Crippen LogP contribution in [0, 0.1) is 0 Å². The van der Waals surface area contributed by atoms with Crippen LogP contribution in [0.2, 0.25) is 5.02 Å². The zero-order valence-corrected chi connectivity index (χ0v) is 12.9. The number of halogens is 1. The van der Waals surface area contributed by atoms with Crippen LogP contribution in [-0.4, -0.2) is 17.1 Å². The number of aromatic nitrogens is 1. The molecular formula is C17H21ClN2. The zero-order valence-electron chi connectivity index (χ0n) is 12.1. The van der Waals surface area contributed by atoms with Crippen LogP contribution in [-0.2, 0) is 0 Å². The summed E-state index contributed by atoms with van der Waals surface area (Å²) >= 11 is 6.08. The van der Waals surface area contributed by atoms with E-state index >= 15 is 0 Å². The van der Waals surface area contributed by atoms with Crippen LogP contribution in [0.25, 0.3) is 10.9 Å². The van der Waals surface area contributed by atoms with Crippen LogP contribution < -0.4 is 4.90 Å². The van der Waals surface area contributed by atoms with E-state index in [0.29, 0.717) is 12.1 Å². The van der Waals surface area contributed by atoms with Gasteiger partial charge in [-0.15, -0.1) is 0 Å². The summed E-state index contributed by atoms with van der Waals surface area (Å²) < 4.78 is 0. The zero-order chi connectivity index (χ0) is 14.1. The third-order valence-corrected chi connectivity index (χ3v) is 4.32. The number of rotatable bonds is 5. The van der Waals surface area contributed by atoms with E-state index in [0.717, 1.165) is 10.5 Å². The summed E-state index contributed by atoms with van der Waals surface area (Å²) in [4.78, 5) is 7.06. The minimum atomic E-state index is 0.578. The minimum Gasteiger partial charge on any atom is -0.365 e. The van der Waals surface area contributed by atoms with Gasteiger partial charge in [0.2, 0.25) is 0 Å². The van der Waals surface area contributed by atoms with Gasteiger partial charge in [0.25, 0.3) is 0 Å². The van der Waals surface area contributed by atoms with Gasteiger partial charge in [0.15, 0.2) is 0 Å². The molecule has 0 amide bonds. The van der Waals surface area contributed by atoms with Crippen LogP contribution in [0.1, 0.15) is 39.5 Å². The smallest absolute Gasteiger partial charge is 0.0737 e. The third kappa shape index (κ3) is 2.62. The molecule has 1 fully saturated rings. The Labute approximate surface area is 125 Å². The first-order valence-electron chi connectivity index (χ1n) is 7.53. The molecule has 1 heterocycles. The number of hydrogen-bond donors (Lipinski definition) is 0. The lowest BCUT2D eigenvalue weighted by molar-refractivity contribution is 0.578. The molecule has 1 saturated carbocycles. The molecule has 2 nitrogen and oxygen atoms in total. The molecule has 20 heavy (non-hydrogen) atoms. The van der Waals surface area contributed by atoms with Gasteiger partial charge in [-0.25, -0.2) is 0 Å². The normalized spacial score (nSPS) is 16.4. The lowest BCUT2D eigenvalue weighted by Crippen LogP contribution is -2.35. The number of fused-ring (bicyclic) bond motifs is 1. The molecule has 1 aliphatic rings. The van der Waals surface area contributed by atoms with Gasteiger partial charge < -0.3 is 4.90 Å². The predicted octanol–water partition coefficient (Wildman–Crippen LogP) is 5.05. The highest BCUT2D eigenvalue weighted by molar-refractivity contribution is 6.31. The summed E-state index contributed by atoms with van der Waals surface area (Å²) in [6.45, 7) is 4.59. The molecule has 0 N–H and O–H groups in total. The molecular weight excluding hydrogens is 268 g/mol. The number of hydrogen-bond acceptors (Lipinski definition) is 2. The molecule has 1 atom stereocenters. The minimum absolute atomic E-state index is 0.578. The quantitative estimate of drug-likeness (QED) is 0.766. The predicted molar refractivity (Wildman–Crippen MR) is 86.6 cm³/mol. The van der Waals surface area contributed by atoms with E-state index < -0.39 is 0 Å². The van der Waals surface area contributed by atoms with Crippen LogP contribution in [0.4, 0.5) is 5.69 Å². The molecule has 1 aromatic carbocycles. The van der Waals surface area contributed by atoms with E-state index in [1.54, 1.807) is 0 Å². The summed E-state index contributed by atoms with van der Waals surface area (Å²) in [7, 11) is 0. The van der Waals surface area contributed by atoms with Gasteiger partial charge in [-0.1, -0.05) is 24.9 Å². The highest BCUT2D eigenvalue weighted by atomic mass is 35.5. The van der Waals surface area contributed by atoms with Crippen molar-refractivity contribution < 1.29 is 0 Å². The maximum absolute atomic E-state index is 6.08. The Morgan fingerprint density at radius 2 is 2.15 bits per heavy atom. The van der Waals surface area contributed by atoms with Gasteiger partial charge in [-0.05, 0) is 50.5 Å². The number of pyridine rings is 1. The van der Waals surface area contributed by atoms with Crippen molar-refractivity contribution in [1.29, 1.82) is 0 Å². The third-order valence-electron chi connectivity index (χ3n) is 4.08. The van der Waals surface area contributed by atoms with Crippen molar-refractivity contribution in [3.63, 3.8) is 0 Å². The fourth-order valence-corrected chi connectivity index (χ4v) is 3.20. The van der Waals surface area contributed by atoms with Crippen molar-refractivity contribution in [1.82, 2.24) is 4.98 Å². The van der Waals surface area contributed by atoms with E-state index in [1.807, 2.05) is 18.3 Å². The van der Waals surface area contributed by atoms with Crippen molar-refractivity contribution in [2.75, 3.05) is 4.90 Å². The standard InChI is InChI=1S/C17H21ClN2/c1-3-4-12(2)20(14-6-7-14)17-9-10-19-16-11-13(18)5-8-15(16)17/h5,8-12,14H,3-4,6-7H2,1-2H3. The van der Waals surface area contributed by atoms with Crippen LogP contribution >= 0.6 is 11.6 Å². The summed E-state index contributed by atoms with van der Waals surface area (Å²) in [6, 6.07) is 9.46. The van der Waals surface area contributed by atoms with Crippen LogP contribution in [0.3, 0.4) is 0 Å². The molecule has 106 valence electrons. The number of anilines is 1. The van der Waals surface area contributed by atoms with Crippen LogP contribution in [0.15, 0.2) is 30.5 Å². The van der Waals surface area contributed by atoms with Gasteiger partial charge >= 0.3 is 0 Å². The number of nitrogens with zero attached hydrogens (tertiary/aromatic N) is 2. The number of benzene rings is 1. The summed E-state index contributed by atoms with van der Waals surface area (Å²) in [5.41, 5.74) is 2.31. The Morgan fingerprint density at radius 1 is 1.35 bits per heavy atom. The summed E-state index contributed by atoms with van der Waals surface area (Å²) in [5.74, 6) is 0. The summed E-state index contributed by atoms with van der Waals surface area (Å²) in [5, 5.41) is 1.97. The molecule has 0 spiro atoms. The Kier molecular flexibility index (Phi) is 3.84. The topological polar surface area (TPSA) is 16.1 Å². The Balaban J connectivity index is 2.06. The maximum atomic E-state index is 6.08. The van der Waals surface area contributed by atoms with Gasteiger partial charge in [0.05, 0.1) is 5.52 Å². The van der Waals surface area contributed by atoms with Crippen molar-refractivity contribution in [3.05, 3.63) is 35.5 Å². The summed E-state index contributed by atoms with van der Waals surface area (Å²) in [6.07, 6.45) is 6.98. The fraction of sp³-hybridized carbons (Fsp3) is 0.471. The fourth-order valence-electron chi connectivity index (χ4n) is 3.03. The van der Waals surface area contributed by atoms with E-state index in [1.165, 1.54) is 36.8 Å². The molecule has 0 bridgehead atoms. The second-order valence-corrected chi connectivity index (χ2v) is 6.20. The van der Waals surface area contributed by atoms with E-state index in [2.05, 4.69) is 35.9 Å². The van der Waals surface area contributed by atoms with Gasteiger partial charge in [-0.3, -0.25) is 4.98 Å². The average Bonchev–Trinajstić information content (AvgIpc) is 3.24. The Morgan fingerprint density at radius 3 is 2.85 bits per heavy atom. The highest BCUT2D eigenvalue weighted by Gasteiger charge is 2.32. The largest absolute Gasteiger partial charge is 0.365 e. The van der Waals surface area contributed by atoms with E-state index in [4.69, 9.17) is 11.6 Å². The monoisotopic (exact) mass is 288 g/mol. The van der Waals surface area contributed by atoms with Crippen molar-refractivity contribution in [3.8, 4) is 0 Å².